The molecule has 0 unspecified atom stereocenters. The first-order chi connectivity index (χ1) is 13.7. The van der Waals surface area contributed by atoms with Crippen LogP contribution in [0.3, 0.4) is 0 Å². The van der Waals surface area contributed by atoms with Crippen molar-refractivity contribution >= 4 is 0 Å². The molecule has 6 heteroatoms. The fourth-order valence-corrected chi connectivity index (χ4v) is 3.86. The van der Waals surface area contributed by atoms with E-state index in [0.29, 0.717) is 5.82 Å². The molecular formula is C22H24N4O2. The van der Waals surface area contributed by atoms with Gasteiger partial charge in [0.2, 0.25) is 0 Å². The molecule has 1 aliphatic heterocycles. The Morgan fingerprint density at radius 3 is 2.82 bits per heavy atom. The van der Waals surface area contributed by atoms with Crippen LogP contribution in [0.2, 0.25) is 0 Å². The molecule has 3 heterocycles. The van der Waals surface area contributed by atoms with Gasteiger partial charge in [-0.25, -0.2) is 4.98 Å². The normalized spacial score (nSPS) is 17.4. The number of piperidine rings is 1. The standard InChI is InChI=1S/C22H24N4O2/c1-28-20-8-3-2-6-17(20)15-26-13-5-4-7-19(26)18-14-21(27)25-22(24-18)16-9-11-23-12-10-16/h2-3,6,8-12,14,19H,4-5,7,13,15H2,1H3,(H,24,25,27)/t19-/m1/s1. The number of nitrogens with zero attached hydrogens (tertiary/aromatic N) is 3. The van der Waals surface area contributed by atoms with Crippen molar-refractivity contribution in [3.8, 4) is 17.1 Å². The molecule has 144 valence electrons. The quantitative estimate of drug-likeness (QED) is 0.737. The molecule has 3 aromatic rings. The Morgan fingerprint density at radius 1 is 1.18 bits per heavy atom. The summed E-state index contributed by atoms with van der Waals surface area (Å²) in [5.74, 6) is 1.48. The topological polar surface area (TPSA) is 71.1 Å². The van der Waals surface area contributed by atoms with Crippen molar-refractivity contribution in [1.29, 1.82) is 0 Å². The van der Waals surface area contributed by atoms with Gasteiger partial charge in [0, 0.05) is 36.1 Å². The Hall–Kier alpha value is -2.99. The lowest BCUT2D eigenvalue weighted by molar-refractivity contribution is 0.136. The molecule has 1 fully saturated rings. The van der Waals surface area contributed by atoms with Gasteiger partial charge in [0.25, 0.3) is 5.56 Å². The number of rotatable bonds is 5. The zero-order valence-electron chi connectivity index (χ0n) is 16.0. The zero-order valence-corrected chi connectivity index (χ0v) is 16.0. The Kier molecular flexibility index (Phi) is 5.48. The van der Waals surface area contributed by atoms with E-state index in [2.05, 4.69) is 20.9 Å². The first-order valence-corrected chi connectivity index (χ1v) is 9.62. The predicted octanol–water partition coefficient (Wildman–Crippen LogP) is 3.57. The maximum absolute atomic E-state index is 12.3. The summed E-state index contributed by atoms with van der Waals surface area (Å²) in [5, 5.41) is 0. The van der Waals surface area contributed by atoms with Crippen LogP contribution in [0.25, 0.3) is 11.4 Å². The number of aromatic amines is 1. The number of aromatic nitrogens is 3. The van der Waals surface area contributed by atoms with Gasteiger partial charge in [0.05, 0.1) is 18.8 Å². The van der Waals surface area contributed by atoms with Gasteiger partial charge in [-0.2, -0.15) is 0 Å². The SMILES string of the molecule is COc1ccccc1CN1CCCC[C@@H]1c1cc(=O)[nH]c(-c2ccncc2)n1. The van der Waals surface area contributed by atoms with Crippen molar-refractivity contribution in [2.24, 2.45) is 0 Å². The van der Waals surface area contributed by atoms with Crippen molar-refractivity contribution in [2.75, 3.05) is 13.7 Å². The fraction of sp³-hybridized carbons (Fsp3) is 0.318. The van der Waals surface area contributed by atoms with E-state index in [-0.39, 0.29) is 11.6 Å². The summed E-state index contributed by atoms with van der Waals surface area (Å²) in [6.07, 6.45) is 6.67. The highest BCUT2D eigenvalue weighted by atomic mass is 16.5. The van der Waals surface area contributed by atoms with E-state index in [0.717, 1.165) is 54.9 Å². The zero-order chi connectivity index (χ0) is 19.3. The minimum Gasteiger partial charge on any atom is -0.496 e. The number of ether oxygens (including phenoxy) is 1. The van der Waals surface area contributed by atoms with Gasteiger partial charge in [-0.05, 0) is 37.6 Å². The van der Waals surface area contributed by atoms with Gasteiger partial charge in [-0.1, -0.05) is 24.6 Å². The Morgan fingerprint density at radius 2 is 2.00 bits per heavy atom. The molecule has 0 radical (unpaired) electrons. The molecule has 1 N–H and O–H groups in total. The third-order valence-electron chi connectivity index (χ3n) is 5.24. The average Bonchev–Trinajstić information content (AvgIpc) is 2.75. The molecule has 28 heavy (non-hydrogen) atoms. The van der Waals surface area contributed by atoms with E-state index in [1.165, 1.54) is 0 Å². The molecule has 1 aromatic carbocycles. The van der Waals surface area contributed by atoms with Gasteiger partial charge in [0.1, 0.15) is 11.6 Å². The number of H-pyrrole nitrogens is 1. The maximum Gasteiger partial charge on any atom is 0.251 e. The predicted molar refractivity (Wildman–Crippen MR) is 108 cm³/mol. The van der Waals surface area contributed by atoms with Crippen LogP contribution in [0.1, 0.15) is 36.6 Å². The third kappa shape index (κ3) is 3.97. The molecule has 6 nitrogen and oxygen atoms in total. The van der Waals surface area contributed by atoms with Crippen molar-refractivity contribution in [3.05, 3.63) is 76.5 Å². The van der Waals surface area contributed by atoms with Crippen LogP contribution < -0.4 is 10.3 Å². The summed E-state index contributed by atoms with van der Waals surface area (Å²) < 4.78 is 5.52. The molecule has 1 saturated heterocycles. The Bertz CT molecular complexity index is 987. The van der Waals surface area contributed by atoms with Crippen molar-refractivity contribution in [3.63, 3.8) is 0 Å². The van der Waals surface area contributed by atoms with E-state index < -0.39 is 0 Å². The number of para-hydroxylation sites is 1. The highest BCUT2D eigenvalue weighted by Gasteiger charge is 2.26. The van der Waals surface area contributed by atoms with Crippen LogP contribution in [0, 0.1) is 0 Å². The largest absolute Gasteiger partial charge is 0.496 e. The summed E-state index contributed by atoms with van der Waals surface area (Å²) in [7, 11) is 1.70. The van der Waals surface area contributed by atoms with Crippen LogP contribution in [0.15, 0.2) is 59.7 Å². The summed E-state index contributed by atoms with van der Waals surface area (Å²) >= 11 is 0. The van der Waals surface area contributed by atoms with Crippen LogP contribution >= 0.6 is 0 Å². The number of nitrogens with one attached hydrogen (secondary N) is 1. The van der Waals surface area contributed by atoms with Gasteiger partial charge >= 0.3 is 0 Å². The van der Waals surface area contributed by atoms with Crippen LogP contribution in [0.4, 0.5) is 0 Å². The molecule has 0 bridgehead atoms. The molecule has 0 spiro atoms. The van der Waals surface area contributed by atoms with Crippen LogP contribution in [-0.2, 0) is 6.54 Å². The summed E-state index contributed by atoms with van der Waals surface area (Å²) in [5.41, 5.74) is 2.71. The minimum atomic E-state index is -0.125. The Balaban J connectivity index is 1.66. The molecule has 1 aliphatic rings. The number of hydrogen-bond donors (Lipinski definition) is 1. The van der Waals surface area contributed by atoms with Crippen LogP contribution in [0.5, 0.6) is 5.75 Å². The second-order valence-electron chi connectivity index (χ2n) is 7.05. The summed E-state index contributed by atoms with van der Waals surface area (Å²) in [6, 6.07) is 13.6. The molecular weight excluding hydrogens is 352 g/mol. The summed E-state index contributed by atoms with van der Waals surface area (Å²) in [4.78, 5) is 26.4. The monoisotopic (exact) mass is 376 g/mol. The first-order valence-electron chi connectivity index (χ1n) is 9.62. The molecule has 1 atom stereocenters. The molecule has 0 aliphatic carbocycles. The van der Waals surface area contributed by atoms with Crippen molar-refractivity contribution < 1.29 is 4.74 Å². The lowest BCUT2D eigenvalue weighted by atomic mass is 9.98. The lowest BCUT2D eigenvalue weighted by Crippen LogP contribution is -2.34. The van der Waals surface area contributed by atoms with E-state index in [4.69, 9.17) is 9.72 Å². The molecule has 0 amide bonds. The molecule has 4 rings (SSSR count). The fourth-order valence-electron chi connectivity index (χ4n) is 3.86. The lowest BCUT2D eigenvalue weighted by Gasteiger charge is -2.35. The van der Waals surface area contributed by atoms with E-state index in [1.807, 2.05) is 30.3 Å². The highest BCUT2D eigenvalue weighted by Crippen LogP contribution is 2.32. The van der Waals surface area contributed by atoms with Gasteiger partial charge in [0.15, 0.2) is 0 Å². The van der Waals surface area contributed by atoms with E-state index in [1.54, 1.807) is 25.6 Å². The second kappa shape index (κ2) is 8.35. The number of benzene rings is 1. The smallest absolute Gasteiger partial charge is 0.251 e. The highest BCUT2D eigenvalue weighted by molar-refractivity contribution is 5.53. The second-order valence-corrected chi connectivity index (χ2v) is 7.05. The number of methoxy groups -OCH3 is 1. The summed E-state index contributed by atoms with van der Waals surface area (Å²) in [6.45, 7) is 1.75. The Labute approximate surface area is 164 Å². The third-order valence-corrected chi connectivity index (χ3v) is 5.24. The van der Waals surface area contributed by atoms with E-state index in [9.17, 15) is 4.79 Å². The van der Waals surface area contributed by atoms with Crippen LogP contribution in [-0.4, -0.2) is 33.5 Å². The number of pyridine rings is 1. The maximum atomic E-state index is 12.3. The van der Waals surface area contributed by atoms with Gasteiger partial charge in [-0.15, -0.1) is 0 Å². The number of likely N-dealkylation sites (tertiary alicyclic amines) is 1. The number of hydrogen-bond acceptors (Lipinski definition) is 5. The van der Waals surface area contributed by atoms with Crippen molar-refractivity contribution in [1.82, 2.24) is 19.9 Å². The van der Waals surface area contributed by atoms with Gasteiger partial charge < -0.3 is 9.72 Å². The minimum absolute atomic E-state index is 0.113. The first kappa shape index (κ1) is 18.4. The molecule has 0 saturated carbocycles. The van der Waals surface area contributed by atoms with E-state index >= 15 is 0 Å². The van der Waals surface area contributed by atoms with Gasteiger partial charge in [-0.3, -0.25) is 14.7 Å². The average molecular weight is 376 g/mol. The van der Waals surface area contributed by atoms with Crippen molar-refractivity contribution in [2.45, 2.75) is 31.8 Å². The molecule has 2 aromatic heterocycles.